The van der Waals surface area contributed by atoms with E-state index in [9.17, 15) is 0 Å². The van der Waals surface area contributed by atoms with Crippen molar-refractivity contribution in [2.75, 3.05) is 29.9 Å². The van der Waals surface area contributed by atoms with Gasteiger partial charge in [-0.1, -0.05) is 0 Å². The molecule has 1 aliphatic rings. The number of nitriles is 1. The number of anilines is 3. The van der Waals surface area contributed by atoms with Gasteiger partial charge in [0.15, 0.2) is 0 Å². The Morgan fingerprint density at radius 2 is 2.00 bits per heavy atom. The Kier molecular flexibility index (Phi) is 4.36. The van der Waals surface area contributed by atoms with E-state index in [4.69, 9.17) is 5.26 Å². The summed E-state index contributed by atoms with van der Waals surface area (Å²) in [5, 5.41) is 15.7. The topological polar surface area (TPSA) is 76.9 Å². The fourth-order valence-electron chi connectivity index (χ4n) is 2.85. The number of rotatable bonds is 3. The molecule has 24 heavy (non-hydrogen) atoms. The molecule has 2 N–H and O–H groups in total. The van der Waals surface area contributed by atoms with Gasteiger partial charge in [0.05, 0.1) is 11.6 Å². The molecule has 1 fully saturated rings. The summed E-state index contributed by atoms with van der Waals surface area (Å²) in [6, 6.07) is 11.4. The lowest BCUT2D eigenvalue weighted by molar-refractivity contribution is 0.350. The standard InChI is InChI=1S/C18H22N6/c1-13-10-16(22-15-6-4-14(11-19)5-7-15)23-17(21-13)24-9-8-20-18(2,3)12-24/h4-7,10,20H,8-9,12H2,1-3H3,(H,21,22,23). The highest BCUT2D eigenvalue weighted by Crippen LogP contribution is 2.21. The van der Waals surface area contributed by atoms with Crippen LogP contribution >= 0.6 is 0 Å². The van der Waals surface area contributed by atoms with Gasteiger partial charge in [0.2, 0.25) is 5.95 Å². The van der Waals surface area contributed by atoms with Gasteiger partial charge in [-0.2, -0.15) is 10.2 Å². The van der Waals surface area contributed by atoms with Crippen LogP contribution in [0.5, 0.6) is 0 Å². The van der Waals surface area contributed by atoms with E-state index < -0.39 is 0 Å². The van der Waals surface area contributed by atoms with Crippen LogP contribution in [0.15, 0.2) is 30.3 Å². The maximum Gasteiger partial charge on any atom is 0.227 e. The van der Waals surface area contributed by atoms with E-state index in [-0.39, 0.29) is 5.54 Å². The average molecular weight is 322 g/mol. The molecular weight excluding hydrogens is 300 g/mol. The van der Waals surface area contributed by atoms with E-state index in [1.165, 1.54) is 0 Å². The molecular formula is C18H22N6. The second-order valence-corrected chi connectivity index (χ2v) is 6.74. The van der Waals surface area contributed by atoms with Gasteiger partial charge in [0, 0.05) is 42.6 Å². The summed E-state index contributed by atoms with van der Waals surface area (Å²) < 4.78 is 0. The third-order valence-corrected chi connectivity index (χ3v) is 3.98. The zero-order valence-corrected chi connectivity index (χ0v) is 14.3. The first-order valence-electron chi connectivity index (χ1n) is 8.08. The molecule has 6 heteroatoms. The molecule has 0 spiro atoms. The minimum absolute atomic E-state index is 0.0477. The molecule has 0 radical (unpaired) electrons. The van der Waals surface area contributed by atoms with Crippen LogP contribution < -0.4 is 15.5 Å². The van der Waals surface area contributed by atoms with Crippen molar-refractivity contribution in [3.63, 3.8) is 0 Å². The zero-order valence-electron chi connectivity index (χ0n) is 14.3. The summed E-state index contributed by atoms with van der Waals surface area (Å²) in [6.07, 6.45) is 0. The molecule has 0 aliphatic carbocycles. The molecule has 0 saturated carbocycles. The molecule has 0 atom stereocenters. The molecule has 6 nitrogen and oxygen atoms in total. The Hall–Kier alpha value is -2.65. The summed E-state index contributed by atoms with van der Waals surface area (Å²) >= 11 is 0. The molecule has 2 heterocycles. The predicted octanol–water partition coefficient (Wildman–Crippen LogP) is 2.59. The third kappa shape index (κ3) is 3.81. The third-order valence-electron chi connectivity index (χ3n) is 3.98. The quantitative estimate of drug-likeness (QED) is 0.904. The van der Waals surface area contributed by atoms with Crippen LogP contribution in [0.3, 0.4) is 0 Å². The highest BCUT2D eigenvalue weighted by atomic mass is 15.3. The number of nitrogens with one attached hydrogen (secondary N) is 2. The Balaban J connectivity index is 1.82. The van der Waals surface area contributed by atoms with Crippen LogP contribution in [0.1, 0.15) is 25.1 Å². The van der Waals surface area contributed by atoms with Crippen molar-refractivity contribution < 1.29 is 0 Å². The lowest BCUT2D eigenvalue weighted by Crippen LogP contribution is -2.57. The van der Waals surface area contributed by atoms with Gasteiger partial charge < -0.3 is 15.5 Å². The summed E-state index contributed by atoms with van der Waals surface area (Å²) in [6.45, 7) is 9.02. The molecule has 1 aromatic carbocycles. The molecule has 2 aromatic rings. The normalized spacial score (nSPS) is 16.5. The van der Waals surface area contributed by atoms with Gasteiger partial charge in [0.1, 0.15) is 5.82 Å². The van der Waals surface area contributed by atoms with Crippen LogP contribution in [0.4, 0.5) is 17.5 Å². The van der Waals surface area contributed by atoms with E-state index in [0.29, 0.717) is 5.56 Å². The van der Waals surface area contributed by atoms with Gasteiger partial charge in [-0.15, -0.1) is 0 Å². The molecule has 0 amide bonds. The van der Waals surface area contributed by atoms with Crippen LogP contribution in [-0.4, -0.2) is 35.1 Å². The molecule has 1 saturated heterocycles. The van der Waals surface area contributed by atoms with Crippen molar-refractivity contribution >= 4 is 17.5 Å². The van der Waals surface area contributed by atoms with Crippen LogP contribution in [0.2, 0.25) is 0 Å². The zero-order chi connectivity index (χ0) is 17.2. The first-order chi connectivity index (χ1) is 11.4. The Labute approximate surface area is 142 Å². The largest absolute Gasteiger partial charge is 0.340 e. The fraction of sp³-hybridized carbons (Fsp3) is 0.389. The summed E-state index contributed by atoms with van der Waals surface area (Å²) in [7, 11) is 0. The molecule has 0 unspecified atom stereocenters. The minimum Gasteiger partial charge on any atom is -0.340 e. The van der Waals surface area contributed by atoms with Gasteiger partial charge in [-0.3, -0.25) is 0 Å². The van der Waals surface area contributed by atoms with E-state index in [1.807, 2.05) is 25.1 Å². The first-order valence-corrected chi connectivity index (χ1v) is 8.08. The SMILES string of the molecule is Cc1cc(Nc2ccc(C#N)cc2)nc(N2CCNC(C)(C)C2)n1. The van der Waals surface area contributed by atoms with Crippen LogP contribution in [0, 0.1) is 18.3 Å². The second kappa shape index (κ2) is 6.46. The number of aromatic nitrogens is 2. The number of benzene rings is 1. The van der Waals surface area contributed by atoms with Crippen molar-refractivity contribution in [2.45, 2.75) is 26.3 Å². The number of hydrogen-bond donors (Lipinski definition) is 2. The number of hydrogen-bond acceptors (Lipinski definition) is 6. The molecule has 1 aliphatic heterocycles. The maximum absolute atomic E-state index is 8.88. The fourth-order valence-corrected chi connectivity index (χ4v) is 2.85. The lowest BCUT2D eigenvalue weighted by Gasteiger charge is -2.39. The lowest BCUT2D eigenvalue weighted by atomic mass is 10.0. The highest BCUT2D eigenvalue weighted by molar-refractivity contribution is 5.59. The number of nitrogens with zero attached hydrogens (tertiary/aromatic N) is 4. The van der Waals surface area contributed by atoms with Gasteiger partial charge in [0.25, 0.3) is 0 Å². The number of piperazine rings is 1. The molecule has 0 bridgehead atoms. The second-order valence-electron chi connectivity index (χ2n) is 6.74. The van der Waals surface area contributed by atoms with E-state index in [0.717, 1.165) is 42.8 Å². The van der Waals surface area contributed by atoms with Crippen molar-refractivity contribution in [2.24, 2.45) is 0 Å². The molecule has 3 rings (SSSR count). The van der Waals surface area contributed by atoms with Crippen molar-refractivity contribution in [3.05, 3.63) is 41.6 Å². The maximum atomic E-state index is 8.88. The van der Waals surface area contributed by atoms with Crippen molar-refractivity contribution in [1.82, 2.24) is 15.3 Å². The van der Waals surface area contributed by atoms with Gasteiger partial charge in [-0.25, -0.2) is 4.98 Å². The monoisotopic (exact) mass is 322 g/mol. The van der Waals surface area contributed by atoms with Gasteiger partial charge in [-0.05, 0) is 45.0 Å². The van der Waals surface area contributed by atoms with Crippen LogP contribution in [0.25, 0.3) is 0 Å². The van der Waals surface area contributed by atoms with Crippen molar-refractivity contribution in [3.8, 4) is 6.07 Å². The van der Waals surface area contributed by atoms with E-state index >= 15 is 0 Å². The van der Waals surface area contributed by atoms with E-state index in [1.54, 1.807) is 12.1 Å². The van der Waals surface area contributed by atoms with Gasteiger partial charge >= 0.3 is 0 Å². The Bertz CT molecular complexity index is 760. The average Bonchev–Trinajstić information content (AvgIpc) is 2.54. The highest BCUT2D eigenvalue weighted by Gasteiger charge is 2.27. The van der Waals surface area contributed by atoms with Crippen molar-refractivity contribution in [1.29, 1.82) is 5.26 Å². The molecule has 1 aromatic heterocycles. The summed E-state index contributed by atoms with van der Waals surface area (Å²) in [5.41, 5.74) is 2.51. The molecule has 124 valence electrons. The smallest absolute Gasteiger partial charge is 0.227 e. The summed E-state index contributed by atoms with van der Waals surface area (Å²) in [4.78, 5) is 11.5. The van der Waals surface area contributed by atoms with E-state index in [2.05, 4.69) is 45.4 Å². The Morgan fingerprint density at radius 3 is 2.67 bits per heavy atom. The predicted molar refractivity (Wildman–Crippen MR) is 95.5 cm³/mol. The minimum atomic E-state index is 0.0477. The van der Waals surface area contributed by atoms with Crippen LogP contribution in [-0.2, 0) is 0 Å². The summed E-state index contributed by atoms with van der Waals surface area (Å²) in [5.74, 6) is 1.51. The first kappa shape index (κ1) is 16.2. The number of aryl methyl sites for hydroxylation is 1. The Morgan fingerprint density at radius 1 is 1.25 bits per heavy atom.